The van der Waals surface area contributed by atoms with E-state index in [0.717, 1.165) is 40.3 Å². The van der Waals surface area contributed by atoms with E-state index in [1.165, 1.54) is 43.3 Å². The molecule has 224 valence electrons. The first-order chi connectivity index (χ1) is 23.3. The molecule has 0 saturated heterocycles. The van der Waals surface area contributed by atoms with Crippen LogP contribution in [-0.2, 0) is 0 Å². The Morgan fingerprint density at radius 1 is 0.574 bits per heavy atom. The van der Waals surface area contributed by atoms with Gasteiger partial charge in [0.25, 0.3) is 0 Å². The lowest BCUT2D eigenvalue weighted by atomic mass is 9.95. The number of benzene rings is 6. The molecule has 0 bridgehead atoms. The summed E-state index contributed by atoms with van der Waals surface area (Å²) in [6.07, 6.45) is 10.0. The van der Waals surface area contributed by atoms with E-state index in [9.17, 15) is 0 Å². The van der Waals surface area contributed by atoms with Crippen LogP contribution in [0.3, 0.4) is 0 Å². The van der Waals surface area contributed by atoms with Gasteiger partial charge in [-0.15, -0.1) is 0 Å². The number of nitrogens with zero attached hydrogens (tertiary/aromatic N) is 2. The molecule has 7 aromatic rings. The molecule has 0 spiro atoms. The molecule has 0 saturated carbocycles. The fraction of sp³-hybridized carbons (Fsp3) is 0.0698. The van der Waals surface area contributed by atoms with E-state index in [1.807, 2.05) is 48.2 Å². The Morgan fingerprint density at radius 3 is 1.91 bits per heavy atom. The third-order valence-electron chi connectivity index (χ3n) is 9.25. The van der Waals surface area contributed by atoms with Crippen LogP contribution in [0, 0.1) is 5.92 Å². The predicted molar refractivity (Wildman–Crippen MR) is 198 cm³/mol. The molecular weight excluding hydrogens is 591 g/mol. The molecule has 4 heteroatoms. The molecule has 2 unspecified atom stereocenters. The van der Waals surface area contributed by atoms with Crippen molar-refractivity contribution in [3.63, 3.8) is 0 Å². The molecule has 0 amide bonds. The molecule has 0 radical (unpaired) electrons. The number of allylic oxidation sites excluding steroid dienone is 3. The Bertz CT molecular complexity index is 2270. The first-order valence-corrected chi connectivity index (χ1v) is 17.0. The smallest absolute Gasteiger partial charge is 0.160 e. The first kappa shape index (κ1) is 27.8. The summed E-state index contributed by atoms with van der Waals surface area (Å²) in [5.41, 5.74) is 8.60. The van der Waals surface area contributed by atoms with Gasteiger partial charge in [-0.05, 0) is 51.9 Å². The summed E-state index contributed by atoms with van der Waals surface area (Å²) in [7, 11) is 0. The number of hydrogen-bond donors (Lipinski definition) is 1. The second-order valence-corrected chi connectivity index (χ2v) is 13.4. The maximum Gasteiger partial charge on any atom is 0.160 e. The lowest BCUT2D eigenvalue weighted by molar-refractivity contribution is 0.662. The van der Waals surface area contributed by atoms with Gasteiger partial charge >= 0.3 is 0 Å². The minimum Gasteiger partial charge on any atom is -0.371 e. The van der Waals surface area contributed by atoms with Crippen LogP contribution in [0.4, 0.5) is 5.69 Å². The van der Waals surface area contributed by atoms with Gasteiger partial charge in [0.15, 0.2) is 5.82 Å². The van der Waals surface area contributed by atoms with E-state index in [0.29, 0.717) is 11.3 Å². The van der Waals surface area contributed by atoms with Gasteiger partial charge in [0.05, 0.1) is 22.4 Å². The number of hydrogen-bond acceptors (Lipinski definition) is 4. The highest BCUT2D eigenvalue weighted by molar-refractivity contribution is 8.00. The molecule has 47 heavy (non-hydrogen) atoms. The van der Waals surface area contributed by atoms with Crippen molar-refractivity contribution in [3.8, 4) is 45.0 Å². The zero-order chi connectivity index (χ0) is 31.2. The largest absolute Gasteiger partial charge is 0.371 e. The molecule has 3 nitrogen and oxygen atoms in total. The van der Waals surface area contributed by atoms with Crippen LogP contribution in [-0.4, -0.2) is 15.3 Å². The molecule has 9 rings (SSSR count). The minimum absolute atomic E-state index is 0.341. The molecule has 2 atom stereocenters. The Kier molecular flexibility index (Phi) is 6.94. The topological polar surface area (TPSA) is 37.8 Å². The van der Waals surface area contributed by atoms with Gasteiger partial charge in [-0.3, -0.25) is 0 Å². The molecule has 6 aromatic carbocycles. The Hall–Kier alpha value is -5.45. The number of nitrogens with one attached hydrogen (secondary N) is 1. The van der Waals surface area contributed by atoms with Crippen molar-refractivity contribution in [2.24, 2.45) is 5.92 Å². The highest BCUT2D eigenvalue weighted by Gasteiger charge is 2.29. The van der Waals surface area contributed by atoms with Crippen LogP contribution in [0.1, 0.15) is 6.42 Å². The molecular formula is C43H31N3S. The highest BCUT2D eigenvalue weighted by atomic mass is 32.2. The summed E-state index contributed by atoms with van der Waals surface area (Å²) in [5, 5.41) is 9.36. The monoisotopic (exact) mass is 621 g/mol. The fourth-order valence-electron chi connectivity index (χ4n) is 6.78. The van der Waals surface area contributed by atoms with E-state index in [1.54, 1.807) is 0 Å². The predicted octanol–water partition coefficient (Wildman–Crippen LogP) is 11.4. The summed E-state index contributed by atoms with van der Waals surface area (Å²) >= 11 is 1.96. The van der Waals surface area contributed by atoms with Crippen molar-refractivity contribution in [2.75, 3.05) is 5.32 Å². The van der Waals surface area contributed by atoms with Gasteiger partial charge in [0.1, 0.15) is 0 Å². The minimum atomic E-state index is 0.341. The van der Waals surface area contributed by atoms with Crippen LogP contribution < -0.4 is 5.32 Å². The molecule has 1 aliphatic carbocycles. The number of aromatic nitrogens is 2. The third-order valence-corrected chi connectivity index (χ3v) is 10.6. The van der Waals surface area contributed by atoms with Crippen LogP contribution in [0.5, 0.6) is 0 Å². The van der Waals surface area contributed by atoms with Crippen molar-refractivity contribution in [2.45, 2.75) is 16.7 Å². The van der Waals surface area contributed by atoms with Crippen molar-refractivity contribution in [1.29, 1.82) is 0 Å². The van der Waals surface area contributed by atoms with Gasteiger partial charge in [-0.1, -0.05) is 151 Å². The van der Waals surface area contributed by atoms with E-state index < -0.39 is 0 Å². The van der Waals surface area contributed by atoms with Crippen LogP contribution in [0.25, 0.3) is 66.6 Å². The summed E-state index contributed by atoms with van der Waals surface area (Å²) in [6.45, 7) is 0. The van der Waals surface area contributed by atoms with E-state index in [-0.39, 0.29) is 0 Å². The maximum atomic E-state index is 5.02. The number of fused-ring (bicyclic) bond motifs is 5. The summed E-state index contributed by atoms with van der Waals surface area (Å²) in [5.74, 6) is 1.20. The second-order valence-electron chi connectivity index (χ2n) is 12.2. The van der Waals surface area contributed by atoms with Crippen molar-refractivity contribution in [1.82, 2.24) is 9.97 Å². The van der Waals surface area contributed by atoms with Gasteiger partial charge in [0, 0.05) is 32.9 Å². The number of thioether (sulfide) groups is 1. The van der Waals surface area contributed by atoms with E-state index in [2.05, 4.69) is 127 Å². The third kappa shape index (κ3) is 5.21. The van der Waals surface area contributed by atoms with Crippen molar-refractivity contribution >= 4 is 39.0 Å². The van der Waals surface area contributed by atoms with Crippen molar-refractivity contribution < 1.29 is 0 Å². The number of rotatable bonds is 5. The standard InChI is InChI=1S/C43H31N3S/c1-4-10-30(11-5-1)37-27-38(31-12-6-2-7-13-31)45-42(44-37)33-21-16-28(17-22-33)35-23-19-29-18-20-32-24-25-39-41(40(32)36(29)26-35)46-43(47-39)34-14-8-3-9-15-34/h1-14,16-27,34,43,46H,15H2. The Balaban J connectivity index is 1.09. The summed E-state index contributed by atoms with van der Waals surface area (Å²) in [4.78, 5) is 11.4. The molecule has 1 aliphatic heterocycles. The molecule has 0 fully saturated rings. The van der Waals surface area contributed by atoms with Crippen molar-refractivity contribution in [3.05, 3.63) is 158 Å². The fourth-order valence-corrected chi connectivity index (χ4v) is 8.03. The van der Waals surface area contributed by atoms with Crippen LogP contribution in [0.15, 0.2) is 163 Å². The average molecular weight is 622 g/mol. The average Bonchev–Trinajstić information content (AvgIpc) is 3.60. The Morgan fingerprint density at radius 2 is 1.21 bits per heavy atom. The SMILES string of the molecule is C1=CCC(C2Nc3c(ccc4ccc5ccc(-c6ccc(-c7nc(-c8ccccc8)cc(-c8ccccc8)n7)cc6)cc5c34)S2)C=C1. The van der Waals surface area contributed by atoms with Gasteiger partial charge in [-0.2, -0.15) is 0 Å². The Labute approximate surface area is 278 Å². The summed E-state index contributed by atoms with van der Waals surface area (Å²) in [6, 6.07) is 47.3. The molecule has 1 aromatic heterocycles. The van der Waals surface area contributed by atoms with Crippen LogP contribution >= 0.6 is 11.8 Å². The highest BCUT2D eigenvalue weighted by Crippen LogP contribution is 2.48. The number of anilines is 1. The molecule has 2 aliphatic rings. The second kappa shape index (κ2) is 11.7. The van der Waals surface area contributed by atoms with E-state index in [4.69, 9.17) is 9.97 Å². The van der Waals surface area contributed by atoms with Gasteiger partial charge in [0.2, 0.25) is 0 Å². The lowest BCUT2D eigenvalue weighted by Crippen LogP contribution is -2.21. The zero-order valence-corrected chi connectivity index (χ0v) is 26.5. The van der Waals surface area contributed by atoms with Crippen LogP contribution in [0.2, 0.25) is 0 Å². The van der Waals surface area contributed by atoms with E-state index >= 15 is 0 Å². The van der Waals surface area contributed by atoms with Gasteiger partial charge < -0.3 is 5.32 Å². The quantitative estimate of drug-likeness (QED) is 0.194. The van der Waals surface area contributed by atoms with Gasteiger partial charge in [-0.25, -0.2) is 9.97 Å². The normalized spacial score (nSPS) is 16.8. The molecule has 2 heterocycles. The zero-order valence-electron chi connectivity index (χ0n) is 25.7. The summed E-state index contributed by atoms with van der Waals surface area (Å²) < 4.78 is 0. The first-order valence-electron chi connectivity index (χ1n) is 16.1. The maximum absolute atomic E-state index is 5.02. The lowest BCUT2D eigenvalue weighted by Gasteiger charge is -2.20. The molecule has 1 N–H and O–H groups in total.